The number of benzene rings is 3. The second kappa shape index (κ2) is 9.45. The number of halogens is 1. The lowest BCUT2D eigenvalue weighted by Gasteiger charge is -2.14. The quantitative estimate of drug-likeness (QED) is 0.303. The molecule has 0 aromatic heterocycles. The SMILES string of the molecule is CCOc1cc(C=Nc2ccccc2C)cc(Br)c1OS(=O)(=O)c1ccc(C)cc1. The van der Waals surface area contributed by atoms with Crippen LogP contribution in [0.3, 0.4) is 0 Å². The summed E-state index contributed by atoms with van der Waals surface area (Å²) in [7, 11) is -4.01. The molecule has 0 saturated heterocycles. The van der Waals surface area contributed by atoms with Crippen molar-refractivity contribution in [3.63, 3.8) is 0 Å². The second-order valence-electron chi connectivity index (χ2n) is 6.66. The third-order valence-electron chi connectivity index (χ3n) is 4.30. The lowest BCUT2D eigenvalue weighted by atomic mass is 10.2. The number of hydrogen-bond donors (Lipinski definition) is 0. The van der Waals surface area contributed by atoms with Crippen LogP contribution < -0.4 is 8.92 Å². The number of ether oxygens (including phenoxy) is 1. The molecule has 3 aromatic carbocycles. The van der Waals surface area contributed by atoms with E-state index in [1.54, 1.807) is 30.5 Å². The van der Waals surface area contributed by atoms with Gasteiger partial charge in [-0.15, -0.1) is 0 Å². The minimum atomic E-state index is -4.01. The lowest BCUT2D eigenvalue weighted by molar-refractivity contribution is 0.327. The Labute approximate surface area is 185 Å². The summed E-state index contributed by atoms with van der Waals surface area (Å²) in [5.41, 5.74) is 3.62. The maximum atomic E-state index is 12.7. The molecule has 30 heavy (non-hydrogen) atoms. The normalized spacial score (nSPS) is 11.6. The van der Waals surface area contributed by atoms with Gasteiger partial charge in [0.2, 0.25) is 0 Å². The monoisotopic (exact) mass is 487 g/mol. The van der Waals surface area contributed by atoms with Crippen LogP contribution in [0.15, 0.2) is 75.0 Å². The lowest BCUT2D eigenvalue weighted by Crippen LogP contribution is -2.11. The van der Waals surface area contributed by atoms with E-state index in [-0.39, 0.29) is 10.6 Å². The van der Waals surface area contributed by atoms with Gasteiger partial charge in [-0.1, -0.05) is 35.9 Å². The molecule has 3 rings (SSSR count). The molecule has 7 heteroatoms. The predicted molar refractivity (Wildman–Crippen MR) is 123 cm³/mol. The van der Waals surface area contributed by atoms with Crippen LogP contribution in [0.25, 0.3) is 0 Å². The van der Waals surface area contributed by atoms with Crippen molar-refractivity contribution in [2.75, 3.05) is 6.61 Å². The van der Waals surface area contributed by atoms with E-state index in [0.29, 0.717) is 16.8 Å². The average molecular weight is 488 g/mol. The van der Waals surface area contributed by atoms with Gasteiger partial charge in [0.05, 0.1) is 16.8 Å². The maximum Gasteiger partial charge on any atom is 0.339 e. The second-order valence-corrected chi connectivity index (χ2v) is 9.06. The van der Waals surface area contributed by atoms with Gasteiger partial charge in [0, 0.05) is 6.21 Å². The number of para-hydroxylation sites is 1. The Morgan fingerprint density at radius 1 is 1.03 bits per heavy atom. The summed E-state index contributed by atoms with van der Waals surface area (Å²) in [6.45, 7) is 6.05. The highest BCUT2D eigenvalue weighted by atomic mass is 79.9. The Bertz CT molecular complexity index is 1170. The third kappa shape index (κ3) is 5.29. The molecule has 0 aliphatic carbocycles. The molecule has 156 valence electrons. The highest BCUT2D eigenvalue weighted by Crippen LogP contribution is 2.38. The van der Waals surface area contributed by atoms with Crippen molar-refractivity contribution in [1.82, 2.24) is 0 Å². The molecule has 0 saturated carbocycles. The van der Waals surface area contributed by atoms with Crippen LogP contribution in [0.4, 0.5) is 5.69 Å². The predicted octanol–water partition coefficient (Wildman–Crippen LogP) is 5.98. The molecule has 3 aromatic rings. The first-order chi connectivity index (χ1) is 14.3. The summed E-state index contributed by atoms with van der Waals surface area (Å²) in [5, 5.41) is 0. The largest absolute Gasteiger partial charge is 0.490 e. The van der Waals surface area contributed by atoms with Crippen LogP contribution in [-0.2, 0) is 10.1 Å². The van der Waals surface area contributed by atoms with Crippen molar-refractivity contribution in [3.05, 3.63) is 81.8 Å². The molecule has 0 spiro atoms. The van der Waals surface area contributed by atoms with E-state index in [2.05, 4.69) is 20.9 Å². The number of nitrogens with zero attached hydrogens (tertiary/aromatic N) is 1. The molecule has 0 aliphatic heterocycles. The summed E-state index contributed by atoms with van der Waals surface area (Å²) in [5.74, 6) is 0.416. The Morgan fingerprint density at radius 3 is 2.40 bits per heavy atom. The number of hydrogen-bond acceptors (Lipinski definition) is 5. The summed E-state index contributed by atoms with van der Waals surface area (Å²) in [6, 6.07) is 17.7. The van der Waals surface area contributed by atoms with Crippen molar-refractivity contribution in [3.8, 4) is 11.5 Å². The van der Waals surface area contributed by atoms with Gasteiger partial charge in [-0.05, 0) is 78.2 Å². The van der Waals surface area contributed by atoms with Gasteiger partial charge in [-0.3, -0.25) is 4.99 Å². The first-order valence-corrected chi connectivity index (χ1v) is 11.6. The van der Waals surface area contributed by atoms with Crippen molar-refractivity contribution in [2.45, 2.75) is 25.7 Å². The van der Waals surface area contributed by atoms with Gasteiger partial charge in [-0.2, -0.15) is 8.42 Å². The van der Waals surface area contributed by atoms with Crippen LogP contribution in [0.2, 0.25) is 0 Å². The zero-order valence-electron chi connectivity index (χ0n) is 16.9. The van der Waals surface area contributed by atoms with Crippen LogP contribution >= 0.6 is 15.9 Å². The molecule has 0 radical (unpaired) electrons. The first kappa shape index (κ1) is 22.1. The van der Waals surface area contributed by atoms with Gasteiger partial charge >= 0.3 is 10.1 Å². The molecule has 0 N–H and O–H groups in total. The molecular formula is C23H22BrNO4S. The summed E-state index contributed by atoms with van der Waals surface area (Å²) in [6.07, 6.45) is 1.70. The van der Waals surface area contributed by atoms with E-state index in [9.17, 15) is 8.42 Å². The van der Waals surface area contributed by atoms with E-state index in [4.69, 9.17) is 8.92 Å². The fourth-order valence-electron chi connectivity index (χ4n) is 2.72. The Balaban J connectivity index is 1.95. The molecule has 0 aliphatic rings. The number of rotatable bonds is 7. The minimum absolute atomic E-state index is 0.0765. The number of aliphatic imine (C=N–C) groups is 1. The Kier molecular flexibility index (Phi) is 6.95. The first-order valence-electron chi connectivity index (χ1n) is 9.37. The topological polar surface area (TPSA) is 65.0 Å². The van der Waals surface area contributed by atoms with E-state index in [0.717, 1.165) is 22.4 Å². The van der Waals surface area contributed by atoms with E-state index >= 15 is 0 Å². The van der Waals surface area contributed by atoms with E-state index < -0.39 is 10.1 Å². The highest BCUT2D eigenvalue weighted by Gasteiger charge is 2.22. The molecule has 0 unspecified atom stereocenters. The van der Waals surface area contributed by atoms with Crippen molar-refractivity contribution >= 4 is 38.0 Å². The van der Waals surface area contributed by atoms with Gasteiger partial charge in [0.25, 0.3) is 0 Å². The van der Waals surface area contributed by atoms with Gasteiger partial charge in [0.15, 0.2) is 11.5 Å². The van der Waals surface area contributed by atoms with Crippen molar-refractivity contribution in [1.29, 1.82) is 0 Å². The van der Waals surface area contributed by atoms with Crippen molar-refractivity contribution < 1.29 is 17.3 Å². The molecular weight excluding hydrogens is 466 g/mol. The molecule has 0 amide bonds. The fraction of sp³-hybridized carbons (Fsp3) is 0.174. The van der Waals surface area contributed by atoms with Gasteiger partial charge in [0.1, 0.15) is 4.90 Å². The third-order valence-corrected chi connectivity index (χ3v) is 6.13. The minimum Gasteiger partial charge on any atom is -0.490 e. The average Bonchev–Trinajstić information content (AvgIpc) is 2.70. The molecule has 0 atom stereocenters. The van der Waals surface area contributed by atoms with Crippen LogP contribution in [-0.4, -0.2) is 21.2 Å². The molecule has 0 bridgehead atoms. The van der Waals surface area contributed by atoms with Crippen LogP contribution in [0.5, 0.6) is 11.5 Å². The smallest absolute Gasteiger partial charge is 0.339 e. The standard InChI is InChI=1S/C23H22BrNO4S/c1-4-28-22-14-18(15-25-21-8-6-5-7-17(21)3)13-20(24)23(22)29-30(26,27)19-11-9-16(2)10-12-19/h5-15H,4H2,1-3H3. The molecule has 0 heterocycles. The van der Waals surface area contributed by atoms with Gasteiger partial charge < -0.3 is 8.92 Å². The van der Waals surface area contributed by atoms with Crippen LogP contribution in [0.1, 0.15) is 23.6 Å². The summed E-state index contributed by atoms with van der Waals surface area (Å²) in [4.78, 5) is 4.59. The number of aryl methyl sites for hydroxylation is 2. The Morgan fingerprint density at radius 2 is 1.73 bits per heavy atom. The zero-order valence-corrected chi connectivity index (χ0v) is 19.3. The molecule has 5 nitrogen and oxygen atoms in total. The summed E-state index contributed by atoms with van der Waals surface area (Å²) >= 11 is 3.41. The fourth-order valence-corrected chi connectivity index (χ4v) is 4.33. The zero-order chi connectivity index (χ0) is 21.7. The van der Waals surface area contributed by atoms with Crippen LogP contribution in [0, 0.1) is 13.8 Å². The maximum absolute atomic E-state index is 12.7. The van der Waals surface area contributed by atoms with E-state index in [1.165, 1.54) is 12.1 Å². The highest BCUT2D eigenvalue weighted by molar-refractivity contribution is 9.10. The van der Waals surface area contributed by atoms with Gasteiger partial charge in [-0.25, -0.2) is 0 Å². The Hall–Kier alpha value is -2.64. The van der Waals surface area contributed by atoms with E-state index in [1.807, 2.05) is 45.0 Å². The molecule has 0 fully saturated rings. The summed E-state index contributed by atoms with van der Waals surface area (Å²) < 4.78 is 37.0. The van der Waals surface area contributed by atoms with Crippen molar-refractivity contribution in [2.24, 2.45) is 4.99 Å².